The molecule has 3 aromatic heterocycles. The van der Waals surface area contributed by atoms with E-state index < -0.39 is 11.7 Å². The third-order valence-electron chi connectivity index (χ3n) is 9.62. The Morgan fingerprint density at radius 2 is 1.52 bits per heavy atom. The lowest BCUT2D eigenvalue weighted by Crippen LogP contribution is -2.50. The van der Waals surface area contributed by atoms with Crippen molar-refractivity contribution in [1.29, 1.82) is 0 Å². The van der Waals surface area contributed by atoms with Gasteiger partial charge >= 0.3 is 12.1 Å². The van der Waals surface area contributed by atoms with Gasteiger partial charge in [-0.05, 0) is 88.1 Å². The molecule has 0 radical (unpaired) electrons. The van der Waals surface area contributed by atoms with Gasteiger partial charge in [0.15, 0.2) is 11.5 Å². The van der Waals surface area contributed by atoms with Gasteiger partial charge in [0.2, 0.25) is 0 Å². The van der Waals surface area contributed by atoms with E-state index in [9.17, 15) is 9.90 Å². The number of rotatable bonds is 14. The Morgan fingerprint density at radius 3 is 2.05 bits per heavy atom. The van der Waals surface area contributed by atoms with E-state index in [0.717, 1.165) is 46.8 Å². The Kier molecular flexibility index (Phi) is 12.5. The number of aliphatic hydroxyl groups is 1. The lowest BCUT2D eigenvalue weighted by atomic mass is 10.1. The molecule has 4 heterocycles. The molecule has 1 unspecified atom stereocenters. The van der Waals surface area contributed by atoms with Crippen LogP contribution in [0.3, 0.4) is 0 Å². The molecule has 0 aliphatic carbocycles. The number of benzene rings is 2. The third-order valence-corrected chi connectivity index (χ3v) is 9.62. The van der Waals surface area contributed by atoms with Crippen LogP contribution in [0, 0.1) is 6.92 Å². The molecule has 1 aliphatic heterocycles. The zero-order valence-corrected chi connectivity index (χ0v) is 33.7. The van der Waals surface area contributed by atoms with E-state index in [2.05, 4.69) is 16.7 Å². The molecule has 1 N–H and O–H groups in total. The lowest BCUT2D eigenvalue weighted by Gasteiger charge is -2.36. The molecule has 0 bridgehead atoms. The molecule has 1 amide bonds. The molecular formula is C42H54N8O6. The van der Waals surface area contributed by atoms with Gasteiger partial charge in [0.25, 0.3) is 0 Å². The largest absolute Gasteiger partial charge is 0.497 e. The van der Waals surface area contributed by atoms with E-state index in [1.807, 2.05) is 89.2 Å². The monoisotopic (exact) mass is 766 g/mol. The summed E-state index contributed by atoms with van der Waals surface area (Å²) in [6, 6.07) is 18.0. The summed E-state index contributed by atoms with van der Waals surface area (Å²) in [6.07, 6.45) is 3.54. The number of aromatic nitrogens is 5. The number of ether oxygens (including phenoxy) is 4. The molecular weight excluding hydrogens is 713 g/mol. The summed E-state index contributed by atoms with van der Waals surface area (Å²) < 4.78 is 24.3. The SMILES string of the molecule is CCC[C@H](C)Oc1nc(N(Cc2ccc(OC)cc2)Cc2ccc(OC)cc2)c2ncc(C(O)c3cnc(N4CCN(C(=O)OC(C)(C)C)CC4)c(C)c3)n2n1. The second-order valence-electron chi connectivity index (χ2n) is 15.2. The Hall–Kier alpha value is -5.63. The van der Waals surface area contributed by atoms with Crippen LogP contribution in [0.2, 0.25) is 0 Å². The average Bonchev–Trinajstić information content (AvgIpc) is 3.61. The Balaban J connectivity index is 1.32. The van der Waals surface area contributed by atoms with Gasteiger partial charge < -0.3 is 38.8 Å². The van der Waals surface area contributed by atoms with Crippen molar-refractivity contribution >= 4 is 23.4 Å². The fraction of sp³-hybridized carbons (Fsp3) is 0.452. The number of pyridine rings is 1. The summed E-state index contributed by atoms with van der Waals surface area (Å²) in [5, 5.41) is 16.7. The van der Waals surface area contributed by atoms with E-state index >= 15 is 0 Å². The highest BCUT2D eigenvalue weighted by molar-refractivity contribution is 5.69. The minimum atomic E-state index is -1.10. The molecule has 1 aliphatic rings. The van der Waals surface area contributed by atoms with Crippen molar-refractivity contribution in [3.8, 4) is 17.5 Å². The molecule has 0 saturated carbocycles. The number of aryl methyl sites for hydroxylation is 1. The van der Waals surface area contributed by atoms with Gasteiger partial charge in [-0.3, -0.25) is 0 Å². The van der Waals surface area contributed by atoms with Gasteiger partial charge in [-0.25, -0.2) is 19.3 Å². The van der Waals surface area contributed by atoms with Gasteiger partial charge in [0.1, 0.15) is 29.0 Å². The van der Waals surface area contributed by atoms with Crippen LogP contribution < -0.4 is 24.0 Å². The summed E-state index contributed by atoms with van der Waals surface area (Å²) in [5.41, 5.74) is 3.95. The number of methoxy groups -OCH3 is 2. The van der Waals surface area contributed by atoms with Gasteiger partial charge in [0.05, 0.1) is 32.2 Å². The summed E-state index contributed by atoms with van der Waals surface area (Å²) in [6.45, 7) is 15.0. The second-order valence-corrected chi connectivity index (χ2v) is 15.2. The summed E-state index contributed by atoms with van der Waals surface area (Å²) in [4.78, 5) is 33.2. The molecule has 2 atom stereocenters. The van der Waals surface area contributed by atoms with Crippen molar-refractivity contribution in [2.75, 3.05) is 50.2 Å². The van der Waals surface area contributed by atoms with E-state index in [1.165, 1.54) is 0 Å². The van der Waals surface area contributed by atoms with Gasteiger partial charge in [-0.1, -0.05) is 37.6 Å². The third kappa shape index (κ3) is 9.59. The molecule has 5 aromatic rings. The fourth-order valence-corrected chi connectivity index (χ4v) is 6.74. The van der Waals surface area contributed by atoms with Crippen LogP contribution in [0.15, 0.2) is 67.0 Å². The first kappa shape index (κ1) is 40.0. The predicted octanol–water partition coefficient (Wildman–Crippen LogP) is 6.76. The van der Waals surface area contributed by atoms with Crippen LogP contribution >= 0.6 is 0 Å². The Bertz CT molecular complexity index is 2030. The molecule has 2 aromatic carbocycles. The zero-order chi connectivity index (χ0) is 40.0. The number of nitrogens with zero attached hydrogens (tertiary/aromatic N) is 8. The molecule has 1 saturated heterocycles. The highest BCUT2D eigenvalue weighted by Crippen LogP contribution is 2.31. The molecule has 298 valence electrons. The maximum absolute atomic E-state index is 12.6. The standard InChI is InChI=1S/C42H54N8O6/c1-9-10-29(3)55-40-45-39(49(26-30-11-15-33(53-7)16-12-30)27-31-13-17-34(54-8)18-14-31)38-44-25-35(50(38)46-40)36(51)32-23-28(2)37(43-24-32)47-19-21-48(22-20-47)41(52)56-42(4,5)6/h11-18,23-25,29,36,51H,9-10,19-22,26-27H2,1-8H3/t29-,36?/m0/s1. The lowest BCUT2D eigenvalue weighted by molar-refractivity contribution is 0.0240. The number of hydrogen-bond donors (Lipinski definition) is 1. The number of carbonyl (C=O) groups is 1. The predicted molar refractivity (Wildman–Crippen MR) is 215 cm³/mol. The van der Waals surface area contributed by atoms with Crippen molar-refractivity contribution in [3.05, 3.63) is 94.9 Å². The first-order valence-corrected chi connectivity index (χ1v) is 19.2. The van der Waals surface area contributed by atoms with Crippen molar-refractivity contribution in [1.82, 2.24) is 29.5 Å². The number of piperazine rings is 1. The maximum Gasteiger partial charge on any atom is 0.410 e. The van der Waals surface area contributed by atoms with Crippen molar-refractivity contribution in [3.63, 3.8) is 0 Å². The molecule has 1 fully saturated rings. The van der Waals surface area contributed by atoms with E-state index in [0.29, 0.717) is 62.0 Å². The quantitative estimate of drug-likeness (QED) is 0.128. The number of fused-ring (bicyclic) bond motifs is 1. The first-order valence-electron chi connectivity index (χ1n) is 19.2. The average molecular weight is 767 g/mol. The Morgan fingerprint density at radius 1 is 0.911 bits per heavy atom. The number of aliphatic hydroxyl groups excluding tert-OH is 1. The van der Waals surface area contributed by atoms with E-state index in [4.69, 9.17) is 39.0 Å². The van der Waals surface area contributed by atoms with E-state index in [-0.39, 0.29) is 18.2 Å². The first-order chi connectivity index (χ1) is 26.8. The van der Waals surface area contributed by atoms with Crippen molar-refractivity contribution in [2.24, 2.45) is 0 Å². The fourth-order valence-electron chi connectivity index (χ4n) is 6.74. The normalized spacial score (nSPS) is 14.4. The minimum absolute atomic E-state index is 0.135. The molecule has 14 heteroatoms. The summed E-state index contributed by atoms with van der Waals surface area (Å²) in [5.74, 6) is 2.90. The molecule has 56 heavy (non-hydrogen) atoms. The minimum Gasteiger partial charge on any atom is -0.497 e. The van der Waals surface area contributed by atoms with Crippen LogP contribution in [0.4, 0.5) is 16.4 Å². The summed E-state index contributed by atoms with van der Waals surface area (Å²) in [7, 11) is 3.30. The number of imidazole rings is 1. The van der Waals surface area contributed by atoms with Crippen molar-refractivity contribution in [2.45, 2.75) is 85.3 Å². The molecule has 14 nitrogen and oxygen atoms in total. The van der Waals surface area contributed by atoms with Crippen LogP contribution in [-0.4, -0.2) is 92.8 Å². The highest BCUT2D eigenvalue weighted by atomic mass is 16.6. The second kappa shape index (κ2) is 17.4. The molecule has 0 spiro atoms. The summed E-state index contributed by atoms with van der Waals surface area (Å²) >= 11 is 0. The van der Waals surface area contributed by atoms with Gasteiger partial charge in [-0.15, -0.1) is 5.10 Å². The molecule has 6 rings (SSSR count). The van der Waals surface area contributed by atoms with Crippen molar-refractivity contribution < 1.29 is 28.8 Å². The van der Waals surface area contributed by atoms with Crippen LogP contribution in [0.25, 0.3) is 5.65 Å². The smallest absolute Gasteiger partial charge is 0.410 e. The van der Waals surface area contributed by atoms with Crippen LogP contribution in [0.1, 0.15) is 81.5 Å². The van der Waals surface area contributed by atoms with Crippen LogP contribution in [0.5, 0.6) is 17.5 Å². The van der Waals surface area contributed by atoms with E-state index in [1.54, 1.807) is 36.0 Å². The van der Waals surface area contributed by atoms with Crippen LogP contribution in [-0.2, 0) is 17.8 Å². The number of anilines is 2. The highest BCUT2D eigenvalue weighted by Gasteiger charge is 2.28. The van der Waals surface area contributed by atoms with Gasteiger partial charge in [-0.2, -0.15) is 4.98 Å². The maximum atomic E-state index is 12.6. The van der Waals surface area contributed by atoms with Gasteiger partial charge in [0, 0.05) is 51.0 Å². The number of hydrogen-bond acceptors (Lipinski definition) is 12. The zero-order valence-electron chi connectivity index (χ0n) is 33.7. The Labute approximate surface area is 329 Å². The number of amides is 1. The number of carbonyl (C=O) groups excluding carboxylic acids is 1. The topological polar surface area (TPSA) is 140 Å².